The number of rotatable bonds is 12. The van der Waals surface area contributed by atoms with Crippen LogP contribution in [0.15, 0.2) is 71.6 Å². The molecule has 0 aliphatic carbocycles. The maximum Gasteiger partial charge on any atom is 0.477 e. The molecule has 1 aromatic heterocycles. The number of nitrogens with one attached hydrogen (secondary N) is 1. The number of carbonyl (C=O) groups excluding carboxylic acids is 1. The normalized spacial score (nSPS) is 12.8. The predicted molar refractivity (Wildman–Crippen MR) is 198 cm³/mol. The number of carbonyl (C=O) groups is 1. The first-order chi connectivity index (χ1) is 22.7. The molecule has 0 saturated heterocycles. The Balaban J connectivity index is 1.66. The standard InChI is InChI=1S/C37H50N5O5PS/c1-25(2)27-18-16-26(17-19-27)22-33(43)38-31-23-28(20-21-32(31)49-37(9,10)11)29-14-12-13-15-30(29)34-39-40-41-42(34)24-45-48(44,46-35(3,4)5)47-36(6,7)8/h12-21,23,25H,22,24H2,1-11H3,(H,38,43). The Morgan fingerprint density at radius 1 is 0.878 bits per heavy atom. The Morgan fingerprint density at radius 3 is 2.06 bits per heavy atom. The average Bonchev–Trinajstić information content (AvgIpc) is 3.43. The predicted octanol–water partition coefficient (Wildman–Crippen LogP) is 9.91. The maximum atomic E-state index is 13.7. The molecule has 0 atom stereocenters. The molecule has 0 fully saturated rings. The van der Waals surface area contributed by atoms with Gasteiger partial charge in [0.25, 0.3) is 0 Å². The second-order valence-electron chi connectivity index (χ2n) is 15.2. The molecule has 3 aromatic carbocycles. The van der Waals surface area contributed by atoms with Gasteiger partial charge in [0.15, 0.2) is 12.6 Å². The summed E-state index contributed by atoms with van der Waals surface area (Å²) in [5.41, 5.74) is 3.75. The van der Waals surface area contributed by atoms with Crippen LogP contribution in [0.5, 0.6) is 0 Å². The fraction of sp³-hybridized carbons (Fsp3) is 0.459. The topological polar surface area (TPSA) is 117 Å². The van der Waals surface area contributed by atoms with Crippen LogP contribution in [0.3, 0.4) is 0 Å². The van der Waals surface area contributed by atoms with Crippen molar-refractivity contribution in [3.8, 4) is 22.5 Å². The van der Waals surface area contributed by atoms with E-state index in [9.17, 15) is 9.36 Å². The van der Waals surface area contributed by atoms with E-state index in [1.165, 1.54) is 10.2 Å². The fourth-order valence-electron chi connectivity index (χ4n) is 4.90. The highest BCUT2D eigenvalue weighted by Gasteiger charge is 2.37. The van der Waals surface area contributed by atoms with Crippen molar-refractivity contribution >= 4 is 31.2 Å². The van der Waals surface area contributed by atoms with E-state index in [0.29, 0.717) is 11.7 Å². The number of hydrogen-bond acceptors (Lipinski definition) is 9. The molecule has 4 aromatic rings. The van der Waals surface area contributed by atoms with Gasteiger partial charge < -0.3 is 5.32 Å². The lowest BCUT2D eigenvalue weighted by atomic mass is 9.98. The minimum atomic E-state index is -4.02. The Kier molecular flexibility index (Phi) is 12.0. The van der Waals surface area contributed by atoms with Crippen molar-refractivity contribution in [3.63, 3.8) is 0 Å². The van der Waals surface area contributed by atoms with E-state index in [-0.39, 0.29) is 23.8 Å². The van der Waals surface area contributed by atoms with Crippen molar-refractivity contribution in [3.05, 3.63) is 77.9 Å². The Morgan fingerprint density at radius 2 is 1.49 bits per heavy atom. The molecule has 0 spiro atoms. The lowest BCUT2D eigenvalue weighted by Gasteiger charge is -2.30. The number of tetrazole rings is 1. The first-order valence-electron chi connectivity index (χ1n) is 16.4. The molecule has 264 valence electrons. The van der Waals surface area contributed by atoms with Gasteiger partial charge in [-0.15, -0.1) is 16.9 Å². The Bertz CT molecular complexity index is 1770. The van der Waals surface area contributed by atoms with Gasteiger partial charge in [0.05, 0.1) is 23.3 Å². The second kappa shape index (κ2) is 15.3. The number of thioether (sulfide) groups is 1. The van der Waals surface area contributed by atoms with Crippen molar-refractivity contribution in [2.24, 2.45) is 0 Å². The van der Waals surface area contributed by atoms with Crippen LogP contribution in [0.1, 0.15) is 93.2 Å². The molecule has 0 unspecified atom stereocenters. The van der Waals surface area contributed by atoms with E-state index < -0.39 is 19.0 Å². The third kappa shape index (κ3) is 11.6. The summed E-state index contributed by atoms with van der Waals surface area (Å²) in [6.07, 6.45) is 0.259. The van der Waals surface area contributed by atoms with Gasteiger partial charge in [-0.25, -0.2) is 4.57 Å². The zero-order valence-electron chi connectivity index (χ0n) is 30.5. The number of phosphoric acid groups is 1. The van der Waals surface area contributed by atoms with Crippen LogP contribution < -0.4 is 5.32 Å². The van der Waals surface area contributed by atoms with Gasteiger partial charge in [0.2, 0.25) is 5.91 Å². The smallest absolute Gasteiger partial charge is 0.325 e. The van der Waals surface area contributed by atoms with E-state index in [4.69, 9.17) is 13.6 Å². The van der Waals surface area contributed by atoms with Gasteiger partial charge in [0, 0.05) is 15.2 Å². The molecule has 0 aliphatic heterocycles. The molecule has 0 aliphatic rings. The minimum Gasteiger partial charge on any atom is -0.325 e. The average molecular weight is 708 g/mol. The van der Waals surface area contributed by atoms with E-state index in [1.807, 2.05) is 54.6 Å². The highest BCUT2D eigenvalue weighted by Crippen LogP contribution is 2.55. The van der Waals surface area contributed by atoms with Gasteiger partial charge in [-0.3, -0.25) is 18.4 Å². The zero-order chi connectivity index (χ0) is 36.2. The summed E-state index contributed by atoms with van der Waals surface area (Å²) in [6.45, 7) is 21.1. The Hall–Kier alpha value is -3.34. The van der Waals surface area contributed by atoms with Crippen LogP contribution in [0.2, 0.25) is 0 Å². The largest absolute Gasteiger partial charge is 0.477 e. The molecule has 1 N–H and O–H groups in total. The van der Waals surface area contributed by atoms with Gasteiger partial charge in [-0.2, -0.15) is 4.68 Å². The SMILES string of the molecule is CC(C)c1ccc(CC(=O)Nc2cc(-c3ccccc3-c3nnnn3COP(=O)(OC(C)(C)C)OC(C)(C)C)ccc2SC(C)(C)C)cc1. The van der Waals surface area contributed by atoms with Crippen LogP contribution in [-0.2, 0) is 36.1 Å². The van der Waals surface area contributed by atoms with E-state index in [2.05, 4.69) is 67.6 Å². The molecule has 49 heavy (non-hydrogen) atoms. The van der Waals surface area contributed by atoms with Crippen LogP contribution in [-0.4, -0.2) is 42.1 Å². The van der Waals surface area contributed by atoms with Gasteiger partial charge in [0.1, 0.15) is 0 Å². The molecular formula is C37H50N5O5PS. The fourth-order valence-corrected chi connectivity index (χ4v) is 7.65. The number of amides is 1. The summed E-state index contributed by atoms with van der Waals surface area (Å²) in [4.78, 5) is 14.3. The molecular weight excluding hydrogens is 657 g/mol. The van der Waals surface area contributed by atoms with Crippen molar-refractivity contribution in [2.75, 3.05) is 5.32 Å². The first-order valence-corrected chi connectivity index (χ1v) is 18.7. The summed E-state index contributed by atoms with van der Waals surface area (Å²) < 4.78 is 32.4. The van der Waals surface area contributed by atoms with Gasteiger partial charge >= 0.3 is 7.82 Å². The van der Waals surface area contributed by atoms with Crippen LogP contribution in [0.4, 0.5) is 5.69 Å². The molecule has 1 amide bonds. The van der Waals surface area contributed by atoms with E-state index in [1.54, 1.807) is 53.3 Å². The third-order valence-corrected chi connectivity index (χ3v) is 9.96. The molecule has 0 radical (unpaired) electrons. The lowest BCUT2D eigenvalue weighted by Crippen LogP contribution is -2.25. The van der Waals surface area contributed by atoms with Crippen molar-refractivity contribution in [1.82, 2.24) is 20.2 Å². The Labute approximate surface area is 295 Å². The number of anilines is 1. The first kappa shape index (κ1) is 38.5. The number of benzene rings is 3. The van der Waals surface area contributed by atoms with Crippen molar-refractivity contribution in [2.45, 2.75) is 116 Å². The third-order valence-electron chi connectivity index (χ3n) is 6.80. The number of hydrogen-bond donors (Lipinski definition) is 1. The highest BCUT2D eigenvalue weighted by molar-refractivity contribution is 8.00. The zero-order valence-corrected chi connectivity index (χ0v) is 32.2. The quantitative estimate of drug-likeness (QED) is 0.113. The van der Waals surface area contributed by atoms with Gasteiger partial charge in [-0.05, 0) is 92.3 Å². The summed E-state index contributed by atoms with van der Waals surface area (Å²) in [6, 6.07) is 22.0. The number of nitrogens with zero attached hydrogens (tertiary/aromatic N) is 4. The van der Waals surface area contributed by atoms with Crippen molar-refractivity contribution < 1.29 is 22.9 Å². The molecule has 12 heteroatoms. The molecule has 10 nitrogen and oxygen atoms in total. The van der Waals surface area contributed by atoms with Crippen LogP contribution >= 0.6 is 19.6 Å². The summed E-state index contributed by atoms with van der Waals surface area (Å²) in [5, 5.41) is 15.5. The van der Waals surface area contributed by atoms with Gasteiger partial charge in [-0.1, -0.05) is 89.2 Å². The maximum absolute atomic E-state index is 13.7. The number of phosphoric ester groups is 1. The lowest BCUT2D eigenvalue weighted by molar-refractivity contribution is -0.115. The summed E-state index contributed by atoms with van der Waals surface area (Å²) in [5.74, 6) is 0.727. The number of aromatic nitrogens is 4. The molecule has 4 rings (SSSR count). The van der Waals surface area contributed by atoms with Crippen molar-refractivity contribution in [1.29, 1.82) is 0 Å². The second-order valence-corrected chi connectivity index (χ2v) is 18.6. The molecule has 0 saturated carbocycles. The van der Waals surface area contributed by atoms with Crippen LogP contribution in [0, 0.1) is 0 Å². The van der Waals surface area contributed by atoms with E-state index in [0.717, 1.165) is 32.8 Å². The van der Waals surface area contributed by atoms with Crippen LogP contribution in [0.25, 0.3) is 22.5 Å². The highest BCUT2D eigenvalue weighted by atomic mass is 32.2. The monoisotopic (exact) mass is 707 g/mol. The molecule has 1 heterocycles. The molecule has 0 bridgehead atoms. The summed E-state index contributed by atoms with van der Waals surface area (Å²) >= 11 is 1.69. The summed E-state index contributed by atoms with van der Waals surface area (Å²) in [7, 11) is -4.02. The van der Waals surface area contributed by atoms with E-state index >= 15 is 0 Å². The minimum absolute atomic E-state index is 0.0828.